The molecule has 4 heteroatoms. The normalized spacial score (nSPS) is 13.2. The van der Waals surface area contributed by atoms with Gasteiger partial charge in [-0.05, 0) is 37.0 Å². The fourth-order valence-corrected chi connectivity index (χ4v) is 2.91. The van der Waals surface area contributed by atoms with Crippen molar-refractivity contribution in [3.63, 3.8) is 0 Å². The predicted octanol–water partition coefficient (Wildman–Crippen LogP) is 5.18. The molecule has 0 saturated heterocycles. The number of rotatable bonds is 7. The van der Waals surface area contributed by atoms with Crippen LogP contribution in [0.3, 0.4) is 0 Å². The fourth-order valence-electron chi connectivity index (χ4n) is 2.41. The van der Waals surface area contributed by atoms with E-state index < -0.39 is 0 Å². The van der Waals surface area contributed by atoms with E-state index in [2.05, 4.69) is 32.6 Å². The van der Waals surface area contributed by atoms with Crippen molar-refractivity contribution in [3.05, 3.63) is 33.8 Å². The first-order valence-corrected chi connectivity index (χ1v) is 8.21. The highest BCUT2D eigenvalue weighted by atomic mass is 35.5. The lowest BCUT2D eigenvalue weighted by atomic mass is 10.0. The van der Waals surface area contributed by atoms with Gasteiger partial charge in [-0.15, -0.1) is 0 Å². The van der Waals surface area contributed by atoms with Crippen LogP contribution in [0.4, 0.5) is 0 Å². The molecule has 0 bridgehead atoms. The maximum Gasteiger partial charge on any atom is 0.181 e. The van der Waals surface area contributed by atoms with Crippen LogP contribution in [0.15, 0.2) is 18.2 Å². The molecule has 0 aliphatic rings. The minimum atomic E-state index is -0.187. The van der Waals surface area contributed by atoms with E-state index in [4.69, 9.17) is 23.2 Å². The smallest absolute Gasteiger partial charge is 0.181 e. The topological polar surface area (TPSA) is 20.3 Å². The highest BCUT2D eigenvalue weighted by molar-refractivity contribution is 6.37. The molecular weight excluding hydrogens is 305 g/mol. The van der Waals surface area contributed by atoms with Crippen molar-refractivity contribution in [2.24, 2.45) is 11.8 Å². The molecule has 1 unspecified atom stereocenters. The third-order valence-corrected chi connectivity index (χ3v) is 3.87. The van der Waals surface area contributed by atoms with Crippen molar-refractivity contribution in [2.45, 2.75) is 40.7 Å². The van der Waals surface area contributed by atoms with Gasteiger partial charge in [0.05, 0.1) is 11.1 Å². The zero-order chi connectivity index (χ0) is 16.2. The number of Topliss-reactive ketones (excluding diaryl/α,β-unsaturated/α-hetero) is 1. The number of hydrogen-bond donors (Lipinski definition) is 0. The molecule has 1 rings (SSSR count). The molecule has 2 nitrogen and oxygen atoms in total. The summed E-state index contributed by atoms with van der Waals surface area (Å²) in [5.41, 5.74) is 0.547. The number of carbonyl (C=O) groups excluding carboxylic acids is 1. The molecule has 0 fully saturated rings. The Morgan fingerprint density at radius 1 is 1.05 bits per heavy atom. The van der Waals surface area contributed by atoms with Gasteiger partial charge < -0.3 is 0 Å². The van der Waals surface area contributed by atoms with Crippen LogP contribution in [0.2, 0.25) is 10.0 Å². The number of halogens is 2. The SMILES string of the molecule is CC(C)CN(CC(C)C)C(C)C(=O)c1ccc(Cl)cc1Cl. The highest BCUT2D eigenvalue weighted by Crippen LogP contribution is 2.23. The van der Waals surface area contributed by atoms with Gasteiger partial charge in [-0.25, -0.2) is 0 Å². The van der Waals surface area contributed by atoms with Crippen LogP contribution in [0, 0.1) is 11.8 Å². The van der Waals surface area contributed by atoms with Gasteiger partial charge in [0.2, 0.25) is 0 Å². The van der Waals surface area contributed by atoms with Crippen molar-refractivity contribution in [1.82, 2.24) is 4.90 Å². The van der Waals surface area contributed by atoms with Crippen molar-refractivity contribution >= 4 is 29.0 Å². The van der Waals surface area contributed by atoms with Crippen molar-refractivity contribution in [1.29, 1.82) is 0 Å². The van der Waals surface area contributed by atoms with Crippen LogP contribution in [0.5, 0.6) is 0 Å². The van der Waals surface area contributed by atoms with E-state index in [1.807, 2.05) is 6.92 Å². The zero-order valence-corrected chi connectivity index (χ0v) is 15.0. The van der Waals surface area contributed by atoms with Gasteiger partial charge in [0.1, 0.15) is 0 Å². The Morgan fingerprint density at radius 2 is 1.57 bits per heavy atom. The highest BCUT2D eigenvalue weighted by Gasteiger charge is 2.25. The molecule has 0 amide bonds. The van der Waals surface area contributed by atoms with E-state index in [9.17, 15) is 4.79 Å². The lowest BCUT2D eigenvalue weighted by Gasteiger charge is -2.31. The Bertz CT molecular complexity index is 476. The van der Waals surface area contributed by atoms with Crippen LogP contribution < -0.4 is 0 Å². The van der Waals surface area contributed by atoms with Gasteiger partial charge in [-0.1, -0.05) is 50.9 Å². The van der Waals surface area contributed by atoms with Gasteiger partial charge in [0.15, 0.2) is 5.78 Å². The monoisotopic (exact) mass is 329 g/mol. The minimum absolute atomic E-state index is 0.0537. The molecule has 1 atom stereocenters. The summed E-state index contributed by atoms with van der Waals surface area (Å²) in [7, 11) is 0. The Balaban J connectivity index is 2.95. The van der Waals surface area contributed by atoms with Gasteiger partial charge in [0, 0.05) is 23.7 Å². The molecule has 0 heterocycles. The predicted molar refractivity (Wildman–Crippen MR) is 91.5 cm³/mol. The molecule has 0 N–H and O–H groups in total. The molecule has 0 saturated carbocycles. The molecule has 1 aromatic carbocycles. The summed E-state index contributed by atoms with van der Waals surface area (Å²) in [5, 5.41) is 0.971. The molecule has 0 aliphatic carbocycles. The molecule has 118 valence electrons. The Kier molecular flexibility index (Phi) is 7.19. The van der Waals surface area contributed by atoms with Gasteiger partial charge in [0.25, 0.3) is 0 Å². The quantitative estimate of drug-likeness (QED) is 0.642. The van der Waals surface area contributed by atoms with Crippen LogP contribution >= 0.6 is 23.2 Å². The zero-order valence-electron chi connectivity index (χ0n) is 13.5. The molecule has 0 aromatic heterocycles. The van der Waals surface area contributed by atoms with E-state index in [0.29, 0.717) is 27.4 Å². The van der Waals surface area contributed by atoms with E-state index >= 15 is 0 Å². The number of ketones is 1. The standard InChI is InChI=1S/C17H25Cl2NO/c1-11(2)9-20(10-12(3)4)13(5)17(21)15-7-6-14(18)8-16(15)19/h6-8,11-13H,9-10H2,1-5H3. The Morgan fingerprint density at radius 3 is 2.00 bits per heavy atom. The first-order valence-electron chi connectivity index (χ1n) is 7.45. The second kappa shape index (κ2) is 8.17. The Hall–Kier alpha value is -0.570. The van der Waals surface area contributed by atoms with Crippen molar-refractivity contribution in [3.8, 4) is 0 Å². The lowest BCUT2D eigenvalue weighted by molar-refractivity contribution is 0.0802. The number of nitrogens with zero attached hydrogens (tertiary/aromatic N) is 1. The summed E-state index contributed by atoms with van der Waals surface area (Å²) in [4.78, 5) is 15.0. The average Bonchev–Trinajstić information content (AvgIpc) is 2.35. The average molecular weight is 330 g/mol. The summed E-state index contributed by atoms with van der Waals surface area (Å²) in [6, 6.07) is 4.86. The molecular formula is C17H25Cl2NO. The number of carbonyl (C=O) groups is 1. The molecule has 21 heavy (non-hydrogen) atoms. The van der Waals surface area contributed by atoms with E-state index in [-0.39, 0.29) is 11.8 Å². The van der Waals surface area contributed by atoms with Gasteiger partial charge in [-0.2, -0.15) is 0 Å². The van der Waals surface area contributed by atoms with E-state index in [0.717, 1.165) is 13.1 Å². The summed E-state index contributed by atoms with van der Waals surface area (Å²) in [6.07, 6.45) is 0. The minimum Gasteiger partial charge on any atom is -0.293 e. The maximum atomic E-state index is 12.7. The largest absolute Gasteiger partial charge is 0.293 e. The second-order valence-corrected chi connectivity index (χ2v) is 7.25. The third-order valence-electron chi connectivity index (χ3n) is 3.32. The first kappa shape index (κ1) is 18.5. The number of hydrogen-bond acceptors (Lipinski definition) is 2. The molecule has 0 spiro atoms. The number of benzene rings is 1. The van der Waals surface area contributed by atoms with Crippen LogP contribution in [-0.4, -0.2) is 29.8 Å². The van der Waals surface area contributed by atoms with Crippen LogP contribution in [-0.2, 0) is 0 Å². The molecule has 0 radical (unpaired) electrons. The van der Waals surface area contributed by atoms with Gasteiger partial charge >= 0.3 is 0 Å². The summed E-state index contributed by atoms with van der Waals surface area (Å²) in [6.45, 7) is 12.4. The second-order valence-electron chi connectivity index (χ2n) is 6.41. The third kappa shape index (κ3) is 5.61. The summed E-state index contributed by atoms with van der Waals surface area (Å²) in [5.74, 6) is 1.08. The van der Waals surface area contributed by atoms with E-state index in [1.54, 1.807) is 18.2 Å². The van der Waals surface area contributed by atoms with Crippen LogP contribution in [0.1, 0.15) is 45.0 Å². The fraction of sp³-hybridized carbons (Fsp3) is 0.588. The first-order chi connectivity index (χ1) is 9.72. The maximum absolute atomic E-state index is 12.7. The molecule has 0 aliphatic heterocycles. The van der Waals surface area contributed by atoms with Gasteiger partial charge in [-0.3, -0.25) is 9.69 Å². The molecule has 1 aromatic rings. The summed E-state index contributed by atoms with van der Waals surface area (Å²) >= 11 is 12.1. The van der Waals surface area contributed by atoms with Crippen molar-refractivity contribution < 1.29 is 4.79 Å². The van der Waals surface area contributed by atoms with Crippen LogP contribution in [0.25, 0.3) is 0 Å². The Labute approximate surface area is 138 Å². The van der Waals surface area contributed by atoms with E-state index in [1.165, 1.54) is 0 Å². The van der Waals surface area contributed by atoms with Crippen molar-refractivity contribution in [2.75, 3.05) is 13.1 Å². The summed E-state index contributed by atoms with van der Waals surface area (Å²) < 4.78 is 0. The lowest BCUT2D eigenvalue weighted by Crippen LogP contribution is -2.43.